The zero-order chi connectivity index (χ0) is 77.6. The van der Waals surface area contributed by atoms with Crippen molar-refractivity contribution in [3.05, 3.63) is 491 Å². The summed E-state index contributed by atoms with van der Waals surface area (Å²) >= 11 is 0. The molecule has 0 bridgehead atoms. The molecule has 8 nitrogen and oxygen atoms in total. The van der Waals surface area contributed by atoms with Crippen LogP contribution >= 0.6 is 0 Å². The van der Waals surface area contributed by atoms with Crippen molar-refractivity contribution in [2.45, 2.75) is 0 Å². The Morgan fingerprint density at radius 2 is 0.293 bits per heavy atom. The van der Waals surface area contributed by atoms with Crippen molar-refractivity contribution in [1.29, 1.82) is 0 Å². The summed E-state index contributed by atoms with van der Waals surface area (Å²) in [7, 11) is 0. The van der Waals surface area contributed by atoms with E-state index >= 15 is 0 Å². The average Bonchev–Trinajstić information content (AvgIpc) is 0.743. The first-order valence-electron chi connectivity index (χ1n) is 39.2. The maximum atomic E-state index is 7.37. The molecule has 0 amide bonds. The van der Waals surface area contributed by atoms with E-state index in [0.29, 0.717) is 11.5 Å². The Bertz CT molecular complexity index is 5810. The monoisotopic (exact) mass is 1490 g/mol. The fraction of sp³-hybridized carbons (Fsp3) is 0. The van der Waals surface area contributed by atoms with E-state index in [0.717, 1.165) is 142 Å². The third-order valence-corrected chi connectivity index (χ3v) is 20.6. The number of ether oxygens (including phenoxy) is 1. The van der Waals surface area contributed by atoms with Gasteiger partial charge in [-0.3, -0.25) is 0 Å². The molecule has 0 aliphatic rings. The Hall–Kier alpha value is -15.6. The van der Waals surface area contributed by atoms with E-state index in [9.17, 15) is 0 Å². The number of hydrogen-bond acceptors (Lipinski definition) is 8. The van der Waals surface area contributed by atoms with Crippen molar-refractivity contribution in [3.63, 3.8) is 0 Å². The lowest BCUT2D eigenvalue weighted by molar-refractivity contribution is 0.483. The summed E-state index contributed by atoms with van der Waals surface area (Å²) in [6.07, 6.45) is 0. The van der Waals surface area contributed by atoms with Crippen LogP contribution in [0.5, 0.6) is 11.5 Å². The fourth-order valence-electron chi connectivity index (χ4n) is 15.6. The predicted octanol–water partition coefficient (Wildman–Crippen LogP) is 31.1. The highest BCUT2D eigenvalue weighted by molar-refractivity contribution is 6.01. The highest BCUT2D eigenvalue weighted by atomic mass is 16.5. The lowest BCUT2D eigenvalue weighted by Gasteiger charge is -2.35. The van der Waals surface area contributed by atoms with Crippen molar-refractivity contribution in [3.8, 4) is 33.8 Å². The SMILES string of the molecule is c1ccc(Oc2cc(N(c3ccccc3)c3cccc(N(c4ccccc4)c4cc(N(c5ccccc5)c5ccccc5)cc(N(c5ccccc5)c5ccccc5)c4)c3)cc(N(c3cc(N(c4ccccc4)c4ccccc4)cc(N(c4ccccc4)c4ccccc4)c3)c3c(-c4ccccc4)cccc3-c3ccccc3)c2)cc1. The molecule has 8 heteroatoms. The zero-order valence-corrected chi connectivity index (χ0v) is 63.8. The van der Waals surface area contributed by atoms with Crippen LogP contribution in [0.3, 0.4) is 0 Å². The van der Waals surface area contributed by atoms with Crippen LogP contribution < -0.4 is 39.0 Å². The summed E-state index contributed by atoms with van der Waals surface area (Å²) in [5.41, 5.74) is 24.1. The molecule has 0 fully saturated rings. The molecule has 0 heterocycles. The van der Waals surface area contributed by atoms with Crippen LogP contribution in [-0.2, 0) is 0 Å². The van der Waals surface area contributed by atoms with Gasteiger partial charge in [0.25, 0.3) is 0 Å². The van der Waals surface area contributed by atoms with E-state index in [2.05, 4.69) is 495 Å². The minimum absolute atomic E-state index is 0.615. The number of hydrogen-bond donors (Lipinski definition) is 0. The van der Waals surface area contributed by atoms with E-state index in [4.69, 9.17) is 4.74 Å². The first-order valence-corrected chi connectivity index (χ1v) is 39.2. The van der Waals surface area contributed by atoms with Crippen molar-refractivity contribution in [1.82, 2.24) is 0 Å². The van der Waals surface area contributed by atoms with Crippen LogP contribution in [0.15, 0.2) is 491 Å². The zero-order valence-electron chi connectivity index (χ0n) is 63.8. The molecule has 0 saturated carbocycles. The highest BCUT2D eigenvalue weighted by Gasteiger charge is 2.30. The average molecular weight is 1490 g/mol. The second-order valence-electron chi connectivity index (χ2n) is 28.2. The van der Waals surface area contributed by atoms with Crippen molar-refractivity contribution in [2.24, 2.45) is 0 Å². The van der Waals surface area contributed by atoms with Crippen molar-refractivity contribution in [2.75, 3.05) is 34.3 Å². The standard InChI is InChI=1S/C108H81N7O/c1-14-42-82(43-15-1)106-70-41-71-107(83-44-16-2-17-45-83)108(106)115(101-77-98(111(88-54-26-7-27-55-88)89-56-28-8-29-57-89)74-99(78-101)112(90-58-30-9-31-59-90)91-60-32-10-33-61-91)103-79-102(80-105(81-103)116-104-68-38-13-39-69-104)114(93-64-36-12-37-65-93)95-67-40-66-94(72-95)113(92-62-34-11-35-63-92)100-75-96(109(84-46-18-3-19-47-84)85-48-20-4-21-49-85)73-97(76-100)110(86-50-22-5-23-51-86)87-52-24-6-25-53-87/h1-81H. The number of para-hydroxylation sites is 12. The number of rotatable bonds is 25. The van der Waals surface area contributed by atoms with Gasteiger partial charge >= 0.3 is 0 Å². The van der Waals surface area contributed by atoms with Crippen LogP contribution in [-0.4, -0.2) is 0 Å². The minimum Gasteiger partial charge on any atom is -0.457 e. The van der Waals surface area contributed by atoms with Gasteiger partial charge in [0.15, 0.2) is 0 Å². The van der Waals surface area contributed by atoms with Gasteiger partial charge in [0, 0.05) is 91.5 Å². The maximum absolute atomic E-state index is 7.37. The van der Waals surface area contributed by atoms with Gasteiger partial charge in [-0.1, -0.05) is 285 Å². The summed E-state index contributed by atoms with van der Waals surface area (Å²) in [5, 5.41) is 0. The summed E-state index contributed by atoms with van der Waals surface area (Å²) in [4.78, 5) is 16.7. The van der Waals surface area contributed by atoms with Crippen molar-refractivity contribution >= 4 is 119 Å². The van der Waals surface area contributed by atoms with Crippen molar-refractivity contribution < 1.29 is 4.74 Å². The first kappa shape index (κ1) is 71.9. The molecule has 116 heavy (non-hydrogen) atoms. The first-order chi connectivity index (χ1) is 57.6. The molecule has 0 aromatic heterocycles. The summed E-state index contributed by atoms with van der Waals surface area (Å²) in [6, 6.07) is 175. The molecule has 0 spiro atoms. The Kier molecular flexibility index (Phi) is 21.0. The quantitative estimate of drug-likeness (QED) is 0.0560. The van der Waals surface area contributed by atoms with Crippen LogP contribution in [0.2, 0.25) is 0 Å². The largest absolute Gasteiger partial charge is 0.457 e. The molecule has 18 aromatic carbocycles. The van der Waals surface area contributed by atoms with Gasteiger partial charge in [0.1, 0.15) is 11.5 Å². The van der Waals surface area contributed by atoms with E-state index in [1.54, 1.807) is 0 Å². The minimum atomic E-state index is 0.615. The third kappa shape index (κ3) is 15.6. The molecule has 18 rings (SSSR count). The van der Waals surface area contributed by atoms with E-state index < -0.39 is 0 Å². The lowest BCUT2D eigenvalue weighted by Crippen LogP contribution is -2.18. The molecule has 18 aromatic rings. The normalized spacial score (nSPS) is 10.9. The third-order valence-electron chi connectivity index (χ3n) is 20.6. The molecule has 0 aliphatic carbocycles. The highest BCUT2D eigenvalue weighted by Crippen LogP contribution is 2.54. The predicted molar refractivity (Wildman–Crippen MR) is 487 cm³/mol. The Morgan fingerprint density at radius 3 is 0.543 bits per heavy atom. The van der Waals surface area contributed by atoms with Gasteiger partial charge in [-0.25, -0.2) is 0 Å². The Balaban J connectivity index is 0.910. The van der Waals surface area contributed by atoms with Crippen LogP contribution in [0.1, 0.15) is 0 Å². The summed E-state index contributed by atoms with van der Waals surface area (Å²) < 4.78 is 7.37. The van der Waals surface area contributed by atoms with Crippen LogP contribution in [0.25, 0.3) is 22.3 Å². The molecule has 0 aliphatic heterocycles. The van der Waals surface area contributed by atoms with Crippen LogP contribution in [0.4, 0.5) is 119 Å². The van der Waals surface area contributed by atoms with Gasteiger partial charge in [0.2, 0.25) is 0 Å². The van der Waals surface area contributed by atoms with Gasteiger partial charge < -0.3 is 39.0 Å². The van der Waals surface area contributed by atoms with E-state index in [-0.39, 0.29) is 0 Å². The molecular formula is C108H81N7O. The van der Waals surface area contributed by atoms with Gasteiger partial charge in [-0.15, -0.1) is 0 Å². The molecular weight excluding hydrogens is 1410 g/mol. The molecule has 0 saturated heterocycles. The smallest absolute Gasteiger partial charge is 0.131 e. The molecule has 0 atom stereocenters. The Morgan fingerprint density at radius 1 is 0.121 bits per heavy atom. The second kappa shape index (κ2) is 33.9. The molecule has 0 N–H and O–H groups in total. The Labute approximate surface area is 679 Å². The topological polar surface area (TPSA) is 31.9 Å². The lowest BCUT2D eigenvalue weighted by atomic mass is 9.94. The van der Waals surface area contributed by atoms with Gasteiger partial charge in [-0.05, 0) is 205 Å². The number of anilines is 21. The van der Waals surface area contributed by atoms with E-state index in [1.807, 2.05) is 30.3 Å². The molecule has 554 valence electrons. The number of benzene rings is 18. The van der Waals surface area contributed by atoms with E-state index in [1.165, 1.54) is 0 Å². The molecule has 0 unspecified atom stereocenters. The summed E-state index contributed by atoms with van der Waals surface area (Å²) in [5.74, 6) is 1.30. The second-order valence-corrected chi connectivity index (χ2v) is 28.2. The fourth-order valence-corrected chi connectivity index (χ4v) is 15.6. The maximum Gasteiger partial charge on any atom is 0.131 e. The van der Waals surface area contributed by atoms with Gasteiger partial charge in [-0.2, -0.15) is 0 Å². The van der Waals surface area contributed by atoms with Crippen LogP contribution in [0, 0.1) is 0 Å². The summed E-state index contributed by atoms with van der Waals surface area (Å²) in [6.45, 7) is 0. The molecule has 0 radical (unpaired) electrons. The van der Waals surface area contributed by atoms with Gasteiger partial charge in [0.05, 0.1) is 51.2 Å². The number of nitrogens with zero attached hydrogens (tertiary/aromatic N) is 7.